The lowest BCUT2D eigenvalue weighted by molar-refractivity contribution is -0.155. The third-order valence-electron chi connectivity index (χ3n) is 3.68. The summed E-state index contributed by atoms with van der Waals surface area (Å²) in [6.45, 7) is 2.09. The minimum atomic E-state index is -3.96. The third-order valence-corrected chi connectivity index (χ3v) is 5.25. The number of hydrogen-bond donors (Lipinski definition) is 3. The Bertz CT molecular complexity index is 836. The van der Waals surface area contributed by atoms with E-state index in [1.807, 2.05) is 0 Å². The zero-order chi connectivity index (χ0) is 16.7. The number of carboxylic acid groups (broad SMARTS) is 1. The number of carbonyl (C=O) groups is 1. The predicted molar refractivity (Wildman–Crippen MR) is 81.1 cm³/mol. The fraction of sp³-hybridized carbons (Fsp3) is 0.357. The highest BCUT2D eigenvalue weighted by Crippen LogP contribution is 2.28. The van der Waals surface area contributed by atoms with E-state index in [4.69, 9.17) is 5.11 Å². The van der Waals surface area contributed by atoms with Crippen LogP contribution < -0.4 is 4.72 Å². The molecule has 0 fully saturated rings. The van der Waals surface area contributed by atoms with Crippen molar-refractivity contribution in [1.82, 2.24) is 9.29 Å². The quantitative estimate of drug-likeness (QED) is 0.745. The molecular formula is C14H18N2O5S. The number of carboxylic acids is 1. The molecule has 0 aliphatic rings. The molecule has 1 heterocycles. The summed E-state index contributed by atoms with van der Waals surface area (Å²) in [6, 6.07) is 7.02. The Kier molecular flexibility index (Phi) is 4.03. The van der Waals surface area contributed by atoms with Gasteiger partial charge in [0.25, 0.3) is 0 Å². The first-order chi connectivity index (χ1) is 10.1. The van der Waals surface area contributed by atoms with Crippen molar-refractivity contribution in [2.75, 3.05) is 6.54 Å². The number of aliphatic hydroxyl groups is 1. The minimum Gasteiger partial charge on any atom is -0.479 e. The monoisotopic (exact) mass is 326 g/mol. The summed E-state index contributed by atoms with van der Waals surface area (Å²) in [4.78, 5) is 11.0. The molecule has 8 heteroatoms. The molecule has 0 bridgehead atoms. The maximum absolute atomic E-state index is 12.5. The first-order valence-electron chi connectivity index (χ1n) is 6.57. The zero-order valence-electron chi connectivity index (χ0n) is 12.5. The molecule has 1 aromatic heterocycles. The van der Waals surface area contributed by atoms with Crippen molar-refractivity contribution in [3.05, 3.63) is 30.0 Å². The number of rotatable bonds is 5. The van der Waals surface area contributed by atoms with Crippen molar-refractivity contribution in [2.24, 2.45) is 7.05 Å². The number of para-hydroxylation sites is 1. The van der Waals surface area contributed by atoms with Crippen LogP contribution in [-0.2, 0) is 21.9 Å². The fourth-order valence-corrected chi connectivity index (χ4v) is 3.81. The second-order valence-corrected chi connectivity index (χ2v) is 7.10. The van der Waals surface area contributed by atoms with Gasteiger partial charge in [0.1, 0.15) is 4.90 Å². The highest BCUT2D eigenvalue weighted by molar-refractivity contribution is 7.89. The Morgan fingerprint density at radius 2 is 1.95 bits per heavy atom. The molecule has 1 atom stereocenters. The standard InChI is InChI=1S/C14H18N2O5S/c1-9-12(10-6-4-5-7-11(10)16(9)3)22(20,21)15-8-14(2,19)13(17)18/h4-7,15,19H,8H2,1-3H3,(H,17,18). The summed E-state index contributed by atoms with van der Waals surface area (Å²) in [5.74, 6) is -1.50. The van der Waals surface area contributed by atoms with Crippen molar-refractivity contribution in [3.8, 4) is 0 Å². The van der Waals surface area contributed by atoms with Gasteiger partial charge in [0, 0.05) is 23.6 Å². The minimum absolute atomic E-state index is 0.0896. The van der Waals surface area contributed by atoms with E-state index in [2.05, 4.69) is 4.72 Å². The van der Waals surface area contributed by atoms with Gasteiger partial charge in [0.2, 0.25) is 10.0 Å². The Morgan fingerprint density at radius 1 is 1.36 bits per heavy atom. The van der Waals surface area contributed by atoms with Crippen LogP contribution in [0.25, 0.3) is 10.9 Å². The molecule has 0 aliphatic heterocycles. The molecule has 0 saturated heterocycles. The number of hydrogen-bond acceptors (Lipinski definition) is 4. The first-order valence-corrected chi connectivity index (χ1v) is 8.05. The van der Waals surface area contributed by atoms with Crippen LogP contribution in [0.3, 0.4) is 0 Å². The first kappa shape index (κ1) is 16.5. The molecule has 7 nitrogen and oxygen atoms in total. The van der Waals surface area contributed by atoms with Crippen LogP contribution in [0.4, 0.5) is 0 Å². The van der Waals surface area contributed by atoms with Crippen molar-refractivity contribution < 1.29 is 23.4 Å². The SMILES string of the molecule is Cc1c(S(=O)(=O)NCC(C)(O)C(=O)O)c2ccccc2n1C. The van der Waals surface area contributed by atoms with E-state index in [1.165, 1.54) is 0 Å². The van der Waals surface area contributed by atoms with Gasteiger partial charge in [0.05, 0.1) is 6.54 Å². The number of aryl methyl sites for hydroxylation is 1. The lowest BCUT2D eigenvalue weighted by atomic mass is 10.1. The van der Waals surface area contributed by atoms with Crippen LogP contribution in [0.1, 0.15) is 12.6 Å². The molecule has 0 aliphatic carbocycles. The number of nitrogens with zero attached hydrogens (tertiary/aromatic N) is 1. The maximum Gasteiger partial charge on any atom is 0.336 e. The third kappa shape index (κ3) is 2.72. The Hall–Kier alpha value is -1.90. The molecule has 1 unspecified atom stereocenters. The van der Waals surface area contributed by atoms with Crippen LogP contribution in [0, 0.1) is 6.92 Å². The predicted octanol–water partition coefficient (Wildman–Crippen LogP) is 0.601. The number of aromatic nitrogens is 1. The maximum atomic E-state index is 12.5. The van der Waals surface area contributed by atoms with Gasteiger partial charge in [-0.25, -0.2) is 17.9 Å². The molecule has 2 rings (SSSR count). The summed E-state index contributed by atoms with van der Waals surface area (Å²) < 4.78 is 29.0. The van der Waals surface area contributed by atoms with Gasteiger partial charge in [0.15, 0.2) is 5.60 Å². The van der Waals surface area contributed by atoms with Gasteiger partial charge in [-0.15, -0.1) is 0 Å². The van der Waals surface area contributed by atoms with Crippen LogP contribution in [-0.4, -0.2) is 41.3 Å². The van der Waals surface area contributed by atoms with E-state index in [0.717, 1.165) is 12.4 Å². The van der Waals surface area contributed by atoms with Crippen LogP contribution in [0.5, 0.6) is 0 Å². The summed E-state index contributed by atoms with van der Waals surface area (Å²) in [7, 11) is -2.20. The smallest absolute Gasteiger partial charge is 0.336 e. The van der Waals surface area contributed by atoms with Crippen LogP contribution in [0.15, 0.2) is 29.2 Å². The Morgan fingerprint density at radius 3 is 2.55 bits per heavy atom. The normalized spacial score (nSPS) is 14.9. The van der Waals surface area contributed by atoms with E-state index in [1.54, 1.807) is 42.8 Å². The van der Waals surface area contributed by atoms with E-state index in [9.17, 15) is 18.3 Å². The summed E-state index contributed by atoms with van der Waals surface area (Å²) in [5, 5.41) is 19.1. The Labute approximate surface area is 128 Å². The van der Waals surface area contributed by atoms with Gasteiger partial charge < -0.3 is 14.8 Å². The van der Waals surface area contributed by atoms with Gasteiger partial charge in [-0.2, -0.15) is 0 Å². The molecule has 0 saturated carbocycles. The number of benzene rings is 1. The second kappa shape index (κ2) is 5.38. The van der Waals surface area contributed by atoms with Gasteiger partial charge in [-0.05, 0) is 19.9 Å². The van der Waals surface area contributed by atoms with E-state index < -0.39 is 28.1 Å². The summed E-state index contributed by atoms with van der Waals surface area (Å²) >= 11 is 0. The van der Waals surface area contributed by atoms with Gasteiger partial charge in [-0.1, -0.05) is 18.2 Å². The lowest BCUT2D eigenvalue weighted by Gasteiger charge is -2.18. The molecule has 22 heavy (non-hydrogen) atoms. The topological polar surface area (TPSA) is 109 Å². The van der Waals surface area contributed by atoms with Crippen molar-refractivity contribution >= 4 is 26.9 Å². The average Bonchev–Trinajstić information content (AvgIpc) is 2.70. The number of fused-ring (bicyclic) bond motifs is 1. The number of nitrogens with one attached hydrogen (secondary N) is 1. The number of aliphatic carboxylic acids is 1. The molecule has 0 spiro atoms. The van der Waals surface area contributed by atoms with Gasteiger partial charge in [-0.3, -0.25) is 0 Å². The highest BCUT2D eigenvalue weighted by atomic mass is 32.2. The van der Waals surface area contributed by atoms with E-state index in [-0.39, 0.29) is 4.90 Å². The molecule has 1 aromatic carbocycles. The highest BCUT2D eigenvalue weighted by Gasteiger charge is 2.33. The average molecular weight is 326 g/mol. The molecule has 3 N–H and O–H groups in total. The van der Waals surface area contributed by atoms with Crippen molar-refractivity contribution in [1.29, 1.82) is 0 Å². The Balaban J connectivity index is 2.47. The summed E-state index contributed by atoms with van der Waals surface area (Å²) in [5.41, 5.74) is -0.889. The summed E-state index contributed by atoms with van der Waals surface area (Å²) in [6.07, 6.45) is 0. The number of sulfonamides is 1. The molecule has 120 valence electrons. The van der Waals surface area contributed by atoms with Gasteiger partial charge >= 0.3 is 5.97 Å². The molecule has 0 radical (unpaired) electrons. The fourth-order valence-electron chi connectivity index (χ4n) is 2.21. The zero-order valence-corrected chi connectivity index (χ0v) is 13.3. The second-order valence-electron chi connectivity index (χ2n) is 5.39. The lowest BCUT2D eigenvalue weighted by Crippen LogP contribution is -2.46. The molecule has 0 amide bonds. The van der Waals surface area contributed by atoms with Crippen LogP contribution in [0.2, 0.25) is 0 Å². The van der Waals surface area contributed by atoms with Crippen molar-refractivity contribution in [3.63, 3.8) is 0 Å². The largest absolute Gasteiger partial charge is 0.479 e. The van der Waals surface area contributed by atoms with Crippen molar-refractivity contribution in [2.45, 2.75) is 24.3 Å². The van der Waals surface area contributed by atoms with Crippen LogP contribution >= 0.6 is 0 Å². The molecule has 2 aromatic rings. The van der Waals surface area contributed by atoms with E-state index in [0.29, 0.717) is 11.1 Å². The van der Waals surface area contributed by atoms with E-state index >= 15 is 0 Å². The molecular weight excluding hydrogens is 308 g/mol.